The molecule has 0 saturated heterocycles. The summed E-state index contributed by atoms with van der Waals surface area (Å²) in [6.07, 6.45) is 1.05. The average Bonchev–Trinajstić information content (AvgIpc) is 2.62. The zero-order chi connectivity index (χ0) is 11.4. The van der Waals surface area contributed by atoms with Crippen LogP contribution in [0.4, 0.5) is 5.69 Å². The number of carboxylic acids is 1. The number of nitrogens with one attached hydrogen (secondary N) is 2. The summed E-state index contributed by atoms with van der Waals surface area (Å²) in [5.41, 5.74) is -0.307. The molecule has 3 N–H and O–H groups in total. The van der Waals surface area contributed by atoms with E-state index in [-0.39, 0.29) is 11.4 Å². The van der Waals surface area contributed by atoms with Crippen molar-refractivity contribution >= 4 is 17.6 Å². The Morgan fingerprint density at radius 2 is 2.27 bits per heavy atom. The van der Waals surface area contributed by atoms with E-state index in [4.69, 9.17) is 5.11 Å². The maximum atomic E-state index is 11.2. The lowest BCUT2D eigenvalue weighted by Gasteiger charge is -1.97. The molecule has 1 heterocycles. The standard InChI is InChI=1S/C7H7N3O5/c11-6(12)3-9-7(13)5-1-4(2-8-5)10(14)15/h1-2,8H,3H2,(H,9,13)(H,11,12). The first kappa shape index (κ1) is 10.7. The Bertz CT molecular complexity index is 411. The second kappa shape index (κ2) is 4.22. The average molecular weight is 213 g/mol. The minimum Gasteiger partial charge on any atom is -0.480 e. The fraction of sp³-hybridized carbons (Fsp3) is 0.143. The van der Waals surface area contributed by atoms with Gasteiger partial charge in [0.05, 0.1) is 11.1 Å². The van der Waals surface area contributed by atoms with Crippen LogP contribution in [0.5, 0.6) is 0 Å². The van der Waals surface area contributed by atoms with Crippen molar-refractivity contribution < 1.29 is 19.6 Å². The molecule has 0 saturated carbocycles. The highest BCUT2D eigenvalue weighted by Crippen LogP contribution is 2.11. The number of aromatic amines is 1. The van der Waals surface area contributed by atoms with E-state index >= 15 is 0 Å². The number of amides is 1. The summed E-state index contributed by atoms with van der Waals surface area (Å²) in [4.78, 5) is 33.2. The second-order valence-electron chi connectivity index (χ2n) is 2.61. The van der Waals surface area contributed by atoms with Crippen molar-refractivity contribution in [2.45, 2.75) is 0 Å². The van der Waals surface area contributed by atoms with Crippen molar-refractivity contribution in [1.82, 2.24) is 10.3 Å². The highest BCUT2D eigenvalue weighted by Gasteiger charge is 2.14. The van der Waals surface area contributed by atoms with Crippen molar-refractivity contribution in [3.8, 4) is 0 Å². The summed E-state index contributed by atoms with van der Waals surface area (Å²) in [6, 6.07) is 1.02. The molecular formula is C7H7N3O5. The zero-order valence-corrected chi connectivity index (χ0v) is 7.39. The Labute approximate surface area is 83.1 Å². The van der Waals surface area contributed by atoms with E-state index in [9.17, 15) is 19.7 Å². The van der Waals surface area contributed by atoms with Gasteiger partial charge in [-0.3, -0.25) is 19.7 Å². The molecule has 0 aliphatic rings. The smallest absolute Gasteiger partial charge is 0.322 e. The van der Waals surface area contributed by atoms with Gasteiger partial charge in [0.25, 0.3) is 11.6 Å². The predicted octanol–water partition coefficient (Wildman–Crippen LogP) is -0.263. The Morgan fingerprint density at radius 1 is 1.60 bits per heavy atom. The highest BCUT2D eigenvalue weighted by molar-refractivity contribution is 5.94. The fourth-order valence-electron chi connectivity index (χ4n) is 0.871. The van der Waals surface area contributed by atoms with Crippen LogP contribution < -0.4 is 5.32 Å². The van der Waals surface area contributed by atoms with Gasteiger partial charge < -0.3 is 15.4 Å². The van der Waals surface area contributed by atoms with E-state index in [1.54, 1.807) is 0 Å². The lowest BCUT2D eigenvalue weighted by atomic mass is 10.4. The molecule has 0 spiro atoms. The van der Waals surface area contributed by atoms with Gasteiger partial charge in [-0.2, -0.15) is 0 Å². The summed E-state index contributed by atoms with van der Waals surface area (Å²) in [5.74, 6) is -1.89. The number of carbonyl (C=O) groups is 2. The lowest BCUT2D eigenvalue weighted by Crippen LogP contribution is -2.29. The van der Waals surface area contributed by atoms with Gasteiger partial charge in [0.1, 0.15) is 12.2 Å². The molecule has 0 atom stereocenters. The molecule has 1 amide bonds. The van der Waals surface area contributed by atoms with Crippen LogP contribution >= 0.6 is 0 Å². The number of rotatable bonds is 4. The number of carbonyl (C=O) groups excluding carboxylic acids is 1. The topological polar surface area (TPSA) is 125 Å². The number of hydrogen-bond acceptors (Lipinski definition) is 4. The number of aliphatic carboxylic acids is 1. The molecule has 0 unspecified atom stereocenters. The van der Waals surface area contributed by atoms with Crippen LogP contribution in [-0.2, 0) is 4.79 Å². The van der Waals surface area contributed by atoms with Crippen LogP contribution in [0.15, 0.2) is 12.3 Å². The van der Waals surface area contributed by atoms with Crippen molar-refractivity contribution in [3.05, 3.63) is 28.1 Å². The molecule has 0 bridgehead atoms. The predicted molar refractivity (Wildman–Crippen MR) is 47.4 cm³/mol. The van der Waals surface area contributed by atoms with Gasteiger partial charge in [-0.25, -0.2) is 0 Å². The number of carboxylic acid groups (broad SMARTS) is 1. The SMILES string of the molecule is O=C(O)CNC(=O)c1cc([N+](=O)[O-])c[nH]1. The Kier molecular flexibility index (Phi) is 3.01. The molecule has 8 heteroatoms. The first-order valence-corrected chi connectivity index (χ1v) is 3.83. The van der Waals surface area contributed by atoms with Crippen LogP contribution in [-0.4, -0.2) is 33.4 Å². The molecule has 15 heavy (non-hydrogen) atoms. The molecule has 80 valence electrons. The van der Waals surface area contributed by atoms with Gasteiger partial charge in [0.2, 0.25) is 0 Å². The first-order valence-electron chi connectivity index (χ1n) is 3.83. The van der Waals surface area contributed by atoms with Gasteiger partial charge in [-0.15, -0.1) is 0 Å². The summed E-state index contributed by atoms with van der Waals surface area (Å²) < 4.78 is 0. The lowest BCUT2D eigenvalue weighted by molar-refractivity contribution is -0.384. The van der Waals surface area contributed by atoms with Gasteiger partial charge in [0.15, 0.2) is 0 Å². The molecule has 8 nitrogen and oxygen atoms in total. The van der Waals surface area contributed by atoms with Crippen molar-refractivity contribution in [2.75, 3.05) is 6.54 Å². The number of hydrogen-bond donors (Lipinski definition) is 3. The first-order chi connectivity index (χ1) is 7.00. The van der Waals surface area contributed by atoms with E-state index in [0.29, 0.717) is 0 Å². The van der Waals surface area contributed by atoms with E-state index in [0.717, 1.165) is 12.3 Å². The normalized spacial score (nSPS) is 9.60. The van der Waals surface area contributed by atoms with E-state index in [1.807, 2.05) is 0 Å². The van der Waals surface area contributed by atoms with Crippen LogP contribution in [0.25, 0.3) is 0 Å². The molecule has 0 aliphatic carbocycles. The molecule has 1 aromatic heterocycles. The van der Waals surface area contributed by atoms with Gasteiger partial charge in [-0.1, -0.05) is 0 Å². The summed E-state index contributed by atoms with van der Waals surface area (Å²) in [7, 11) is 0. The largest absolute Gasteiger partial charge is 0.480 e. The number of nitro groups is 1. The molecule has 0 radical (unpaired) electrons. The summed E-state index contributed by atoms with van der Waals surface area (Å²) in [5, 5.41) is 20.6. The fourth-order valence-corrected chi connectivity index (χ4v) is 0.871. The number of aromatic nitrogens is 1. The van der Waals surface area contributed by atoms with Crippen LogP contribution in [0, 0.1) is 10.1 Å². The third kappa shape index (κ3) is 2.79. The third-order valence-electron chi connectivity index (χ3n) is 1.52. The summed E-state index contributed by atoms with van der Waals surface area (Å²) in [6.45, 7) is -0.536. The Morgan fingerprint density at radius 3 is 2.73 bits per heavy atom. The molecule has 1 aromatic rings. The van der Waals surface area contributed by atoms with Crippen molar-refractivity contribution in [1.29, 1.82) is 0 Å². The molecule has 0 aromatic carbocycles. The van der Waals surface area contributed by atoms with E-state index in [2.05, 4.69) is 10.3 Å². The highest BCUT2D eigenvalue weighted by atomic mass is 16.6. The number of nitrogens with zero attached hydrogens (tertiary/aromatic N) is 1. The molecule has 0 aliphatic heterocycles. The maximum absolute atomic E-state index is 11.2. The molecular weight excluding hydrogens is 206 g/mol. The minimum atomic E-state index is -1.19. The van der Waals surface area contributed by atoms with E-state index in [1.165, 1.54) is 0 Å². The molecule has 0 fully saturated rings. The third-order valence-corrected chi connectivity index (χ3v) is 1.52. The Balaban J connectivity index is 2.66. The van der Waals surface area contributed by atoms with Crippen LogP contribution in [0.1, 0.15) is 10.5 Å². The van der Waals surface area contributed by atoms with Crippen LogP contribution in [0.3, 0.4) is 0 Å². The monoisotopic (exact) mass is 213 g/mol. The second-order valence-corrected chi connectivity index (χ2v) is 2.61. The van der Waals surface area contributed by atoms with Gasteiger partial charge in [-0.05, 0) is 0 Å². The van der Waals surface area contributed by atoms with Crippen molar-refractivity contribution in [2.24, 2.45) is 0 Å². The minimum absolute atomic E-state index is 0.0528. The zero-order valence-electron chi connectivity index (χ0n) is 7.39. The maximum Gasteiger partial charge on any atom is 0.322 e. The van der Waals surface area contributed by atoms with E-state index < -0.39 is 23.3 Å². The quantitative estimate of drug-likeness (QED) is 0.469. The molecule has 1 rings (SSSR count). The number of H-pyrrole nitrogens is 1. The van der Waals surface area contributed by atoms with Crippen LogP contribution in [0.2, 0.25) is 0 Å². The van der Waals surface area contributed by atoms with Gasteiger partial charge >= 0.3 is 5.97 Å². The summed E-state index contributed by atoms with van der Waals surface area (Å²) >= 11 is 0. The van der Waals surface area contributed by atoms with Crippen molar-refractivity contribution in [3.63, 3.8) is 0 Å². The Hall–Kier alpha value is -2.38. The van der Waals surface area contributed by atoms with Gasteiger partial charge in [0, 0.05) is 6.07 Å².